The van der Waals surface area contributed by atoms with Crippen LogP contribution in [0.4, 0.5) is 11.6 Å². The second-order valence-electron chi connectivity index (χ2n) is 5.43. The second kappa shape index (κ2) is 7.39. The third-order valence-corrected chi connectivity index (χ3v) is 3.50. The Morgan fingerprint density at radius 3 is 2.62 bits per heavy atom. The maximum atomic E-state index is 11.8. The van der Waals surface area contributed by atoms with Crippen LogP contribution in [0.3, 0.4) is 0 Å². The molecule has 2 aromatic carbocycles. The highest BCUT2D eigenvalue weighted by molar-refractivity contribution is 5.84. The first-order chi connectivity index (χ1) is 12.5. The molecule has 3 aromatic rings. The normalized spacial score (nSPS) is 10.8. The van der Waals surface area contributed by atoms with Crippen molar-refractivity contribution >= 4 is 17.9 Å². The Hall–Kier alpha value is -3.81. The molecule has 0 spiro atoms. The van der Waals surface area contributed by atoms with Crippen LogP contribution >= 0.6 is 0 Å². The van der Waals surface area contributed by atoms with Gasteiger partial charge < -0.3 is 5.11 Å². The van der Waals surface area contributed by atoms with Gasteiger partial charge in [0, 0.05) is 23.4 Å². The fraction of sp³-hybridized carbons (Fsp3) is 0.0556. The van der Waals surface area contributed by atoms with E-state index in [1.807, 2.05) is 43.3 Å². The van der Waals surface area contributed by atoms with Gasteiger partial charge in [0.1, 0.15) is 0 Å². The monoisotopic (exact) mass is 348 g/mol. The lowest BCUT2D eigenvalue weighted by Gasteiger charge is -2.09. The largest absolute Gasteiger partial charge is 0.872 e. The molecule has 1 heterocycles. The van der Waals surface area contributed by atoms with Gasteiger partial charge in [-0.25, -0.2) is 15.4 Å². The van der Waals surface area contributed by atoms with Gasteiger partial charge in [0.05, 0.1) is 16.8 Å². The van der Waals surface area contributed by atoms with Gasteiger partial charge in [-0.2, -0.15) is 5.10 Å². The molecular formula is C18H14N5O3-. The standard InChI is InChI=1S/C18H15N5O3/c1-12-9-16(13-5-3-2-4-6-13)21-18(20-12)22-19-11-14-10-15(23(25)26)7-8-17(14)24/h2-11,24H,1H3,(H,20,21,22)/p-1/b19-11-. The van der Waals surface area contributed by atoms with Crippen molar-refractivity contribution in [3.05, 3.63) is 76.0 Å². The van der Waals surface area contributed by atoms with Crippen molar-refractivity contribution in [1.82, 2.24) is 9.97 Å². The average Bonchev–Trinajstić information content (AvgIpc) is 2.63. The lowest BCUT2D eigenvalue weighted by Crippen LogP contribution is -2.02. The van der Waals surface area contributed by atoms with Crippen LogP contribution in [0.2, 0.25) is 0 Å². The summed E-state index contributed by atoms with van der Waals surface area (Å²) >= 11 is 0. The minimum Gasteiger partial charge on any atom is -0.872 e. The number of nitrogens with one attached hydrogen (secondary N) is 1. The molecule has 1 aromatic heterocycles. The van der Waals surface area contributed by atoms with E-state index in [-0.39, 0.29) is 22.9 Å². The number of aromatic nitrogens is 2. The first kappa shape index (κ1) is 17.0. The molecule has 0 bridgehead atoms. The average molecular weight is 348 g/mol. The number of rotatable bonds is 5. The van der Waals surface area contributed by atoms with Crippen LogP contribution in [0.1, 0.15) is 11.3 Å². The van der Waals surface area contributed by atoms with E-state index in [9.17, 15) is 15.2 Å². The molecule has 0 saturated heterocycles. The number of nitrogens with zero attached hydrogens (tertiary/aromatic N) is 4. The van der Waals surface area contributed by atoms with Gasteiger partial charge >= 0.3 is 0 Å². The van der Waals surface area contributed by atoms with E-state index >= 15 is 0 Å². The zero-order chi connectivity index (χ0) is 18.5. The van der Waals surface area contributed by atoms with Gasteiger partial charge in [0.15, 0.2) is 0 Å². The molecule has 0 fully saturated rings. The smallest absolute Gasteiger partial charge is 0.270 e. The highest BCUT2D eigenvalue weighted by Crippen LogP contribution is 2.20. The summed E-state index contributed by atoms with van der Waals surface area (Å²) in [5, 5.41) is 26.5. The van der Waals surface area contributed by atoms with Gasteiger partial charge in [0.25, 0.3) is 5.69 Å². The van der Waals surface area contributed by atoms with E-state index in [0.29, 0.717) is 0 Å². The van der Waals surface area contributed by atoms with Crippen LogP contribution in [0, 0.1) is 17.0 Å². The van der Waals surface area contributed by atoms with Crippen molar-refractivity contribution < 1.29 is 10.0 Å². The Kier molecular flexibility index (Phi) is 4.84. The molecule has 1 N–H and O–H groups in total. The van der Waals surface area contributed by atoms with Gasteiger partial charge in [-0.15, -0.1) is 0 Å². The lowest BCUT2D eigenvalue weighted by molar-refractivity contribution is -0.385. The summed E-state index contributed by atoms with van der Waals surface area (Å²) in [6.07, 6.45) is 1.21. The van der Waals surface area contributed by atoms with Gasteiger partial charge in [-0.1, -0.05) is 42.1 Å². The number of nitro benzene ring substituents is 1. The fourth-order valence-corrected chi connectivity index (χ4v) is 2.29. The van der Waals surface area contributed by atoms with E-state index in [4.69, 9.17) is 0 Å². The summed E-state index contributed by atoms with van der Waals surface area (Å²) in [4.78, 5) is 18.8. The number of hydrogen-bond donors (Lipinski definition) is 1. The van der Waals surface area contributed by atoms with Crippen molar-refractivity contribution in [3.63, 3.8) is 0 Å². The predicted molar refractivity (Wildman–Crippen MR) is 96.0 cm³/mol. The topological polar surface area (TPSA) is 116 Å². The molecule has 0 radical (unpaired) electrons. The summed E-state index contributed by atoms with van der Waals surface area (Å²) in [6, 6.07) is 14.9. The first-order valence-electron chi connectivity index (χ1n) is 7.68. The molecular weight excluding hydrogens is 334 g/mol. The van der Waals surface area contributed by atoms with Crippen molar-refractivity contribution in [2.45, 2.75) is 6.92 Å². The van der Waals surface area contributed by atoms with Crippen molar-refractivity contribution in [2.24, 2.45) is 5.10 Å². The summed E-state index contributed by atoms with van der Waals surface area (Å²) in [6.45, 7) is 1.83. The van der Waals surface area contributed by atoms with Crippen molar-refractivity contribution in [2.75, 3.05) is 5.43 Å². The lowest BCUT2D eigenvalue weighted by atomic mass is 10.1. The third-order valence-electron chi connectivity index (χ3n) is 3.50. The van der Waals surface area contributed by atoms with Crippen LogP contribution < -0.4 is 10.5 Å². The van der Waals surface area contributed by atoms with E-state index in [1.165, 1.54) is 12.3 Å². The van der Waals surface area contributed by atoms with E-state index in [1.54, 1.807) is 0 Å². The van der Waals surface area contributed by atoms with Crippen LogP contribution in [0.15, 0.2) is 59.7 Å². The summed E-state index contributed by atoms with van der Waals surface area (Å²) in [5.41, 5.74) is 5.00. The number of non-ortho nitro benzene ring substituents is 1. The van der Waals surface area contributed by atoms with Crippen LogP contribution in [-0.4, -0.2) is 21.1 Å². The van der Waals surface area contributed by atoms with E-state index in [0.717, 1.165) is 29.1 Å². The first-order valence-corrected chi connectivity index (χ1v) is 7.68. The van der Waals surface area contributed by atoms with E-state index in [2.05, 4.69) is 20.5 Å². The Morgan fingerprint density at radius 1 is 1.12 bits per heavy atom. The van der Waals surface area contributed by atoms with Crippen LogP contribution in [0.25, 0.3) is 11.3 Å². The minimum atomic E-state index is -0.569. The number of benzene rings is 2. The zero-order valence-corrected chi connectivity index (χ0v) is 13.8. The summed E-state index contributed by atoms with van der Waals surface area (Å²) < 4.78 is 0. The number of nitro groups is 1. The molecule has 0 atom stereocenters. The van der Waals surface area contributed by atoms with Crippen LogP contribution in [0.5, 0.6) is 5.75 Å². The molecule has 3 rings (SSSR count). The highest BCUT2D eigenvalue weighted by Gasteiger charge is 2.06. The summed E-state index contributed by atoms with van der Waals surface area (Å²) in [5.74, 6) is -0.103. The number of aryl methyl sites for hydroxylation is 1. The van der Waals surface area contributed by atoms with Gasteiger partial charge in [-0.05, 0) is 18.6 Å². The Morgan fingerprint density at radius 2 is 1.88 bits per heavy atom. The van der Waals surface area contributed by atoms with E-state index < -0.39 is 4.92 Å². The molecule has 0 unspecified atom stereocenters. The molecule has 130 valence electrons. The molecule has 8 heteroatoms. The molecule has 0 amide bonds. The zero-order valence-electron chi connectivity index (χ0n) is 13.8. The van der Waals surface area contributed by atoms with Gasteiger partial charge in [-0.3, -0.25) is 10.1 Å². The Balaban J connectivity index is 1.82. The third kappa shape index (κ3) is 3.99. The fourth-order valence-electron chi connectivity index (χ4n) is 2.29. The number of hydrazone groups is 1. The van der Waals surface area contributed by atoms with Crippen molar-refractivity contribution in [1.29, 1.82) is 0 Å². The molecule has 8 nitrogen and oxygen atoms in total. The maximum absolute atomic E-state index is 11.8. The quantitative estimate of drug-likeness (QED) is 0.430. The van der Waals surface area contributed by atoms with Crippen molar-refractivity contribution in [3.8, 4) is 17.0 Å². The van der Waals surface area contributed by atoms with Gasteiger partial charge in [0.2, 0.25) is 5.95 Å². The summed E-state index contributed by atoms with van der Waals surface area (Å²) in [7, 11) is 0. The Bertz CT molecular complexity index is 974. The highest BCUT2D eigenvalue weighted by atomic mass is 16.6. The molecule has 0 aliphatic carbocycles. The maximum Gasteiger partial charge on any atom is 0.270 e. The molecule has 0 aliphatic rings. The molecule has 0 saturated carbocycles. The predicted octanol–water partition coefficient (Wildman–Crippen LogP) is 2.88. The SMILES string of the molecule is Cc1cc(-c2ccccc2)nc(N/N=C\c2cc([N+](=O)[O-])ccc2[O-])n1. The second-order valence-corrected chi connectivity index (χ2v) is 5.43. The minimum absolute atomic E-state index is 0.0997. The molecule has 0 aliphatic heterocycles. The number of anilines is 1. The Labute approximate surface area is 149 Å². The van der Waals surface area contributed by atoms with Crippen LogP contribution in [-0.2, 0) is 0 Å². The number of hydrogen-bond acceptors (Lipinski definition) is 7. The molecule has 26 heavy (non-hydrogen) atoms.